The summed E-state index contributed by atoms with van der Waals surface area (Å²) in [6.07, 6.45) is 7.80. The molecule has 4 aliphatic carbocycles. The van der Waals surface area contributed by atoms with Crippen LogP contribution in [0.25, 0.3) is 0 Å². The van der Waals surface area contributed by atoms with E-state index in [1.807, 2.05) is 24.3 Å². The number of nitrogens with one attached hydrogen (secondary N) is 1. The first kappa shape index (κ1) is 17.4. The number of amides is 1. The van der Waals surface area contributed by atoms with E-state index in [0.29, 0.717) is 0 Å². The van der Waals surface area contributed by atoms with Crippen molar-refractivity contribution in [2.45, 2.75) is 54.7 Å². The van der Waals surface area contributed by atoms with E-state index >= 15 is 0 Å². The lowest BCUT2D eigenvalue weighted by Crippen LogP contribution is -2.59. The van der Waals surface area contributed by atoms with Gasteiger partial charge in [0.25, 0.3) is 5.91 Å². The predicted octanol–water partition coefficient (Wildman–Crippen LogP) is 5.68. The van der Waals surface area contributed by atoms with Gasteiger partial charge in [-0.1, -0.05) is 42.5 Å². The molecule has 0 spiro atoms. The summed E-state index contributed by atoms with van der Waals surface area (Å²) < 4.78 is 0. The largest absolute Gasteiger partial charge is 0.347 e. The van der Waals surface area contributed by atoms with Crippen LogP contribution in [-0.4, -0.2) is 11.4 Å². The molecular formula is C24H27NOS. The van der Waals surface area contributed by atoms with Crippen LogP contribution >= 0.6 is 11.8 Å². The zero-order chi connectivity index (χ0) is 18.3. The molecule has 4 fully saturated rings. The van der Waals surface area contributed by atoms with E-state index in [2.05, 4.69) is 35.6 Å². The van der Waals surface area contributed by atoms with E-state index in [1.54, 1.807) is 11.8 Å². The smallest absolute Gasteiger partial charge is 0.252 e. The Kier molecular flexibility index (Phi) is 4.51. The van der Waals surface area contributed by atoms with Crippen LogP contribution in [0.4, 0.5) is 0 Å². The highest BCUT2D eigenvalue weighted by atomic mass is 32.2. The Morgan fingerprint density at radius 2 is 1.48 bits per heavy atom. The number of carbonyl (C=O) groups is 1. The summed E-state index contributed by atoms with van der Waals surface area (Å²) in [4.78, 5) is 14.3. The maximum absolute atomic E-state index is 13.2. The van der Waals surface area contributed by atoms with E-state index in [-0.39, 0.29) is 11.4 Å². The molecular weight excluding hydrogens is 350 g/mol. The first-order valence-electron chi connectivity index (χ1n) is 10.3. The van der Waals surface area contributed by atoms with Crippen molar-refractivity contribution in [3.63, 3.8) is 0 Å². The number of hydrogen-bond donors (Lipinski definition) is 1. The highest BCUT2D eigenvalue weighted by Crippen LogP contribution is 2.55. The SMILES string of the molecule is O=C(NC12CC3CC(CC(C3)C1)C2)c1ccccc1SCc1ccccc1. The predicted molar refractivity (Wildman–Crippen MR) is 111 cm³/mol. The van der Waals surface area contributed by atoms with Gasteiger partial charge in [-0.2, -0.15) is 0 Å². The van der Waals surface area contributed by atoms with Crippen molar-refractivity contribution in [3.8, 4) is 0 Å². The number of benzene rings is 2. The summed E-state index contributed by atoms with van der Waals surface area (Å²) in [6.45, 7) is 0. The van der Waals surface area contributed by atoms with E-state index in [9.17, 15) is 4.79 Å². The molecule has 1 amide bonds. The van der Waals surface area contributed by atoms with E-state index in [1.165, 1.54) is 44.1 Å². The van der Waals surface area contributed by atoms with Crippen molar-refractivity contribution >= 4 is 17.7 Å². The van der Waals surface area contributed by atoms with Crippen molar-refractivity contribution in [2.24, 2.45) is 17.8 Å². The summed E-state index contributed by atoms with van der Waals surface area (Å²) >= 11 is 1.76. The van der Waals surface area contributed by atoms with Gasteiger partial charge in [0.1, 0.15) is 0 Å². The molecule has 2 nitrogen and oxygen atoms in total. The second kappa shape index (κ2) is 7.01. The minimum Gasteiger partial charge on any atom is -0.347 e. The first-order chi connectivity index (χ1) is 13.2. The lowest BCUT2D eigenvalue weighted by Gasteiger charge is -2.56. The first-order valence-corrected chi connectivity index (χ1v) is 11.3. The highest BCUT2D eigenvalue weighted by Gasteiger charge is 2.51. The third kappa shape index (κ3) is 3.54. The normalized spacial score (nSPS) is 31.0. The molecule has 0 saturated heterocycles. The minimum atomic E-state index is 0.0725. The number of thioether (sulfide) groups is 1. The fourth-order valence-electron chi connectivity index (χ4n) is 6.09. The van der Waals surface area contributed by atoms with E-state index in [0.717, 1.165) is 34.0 Å². The number of rotatable bonds is 5. The Balaban J connectivity index is 1.32. The summed E-state index contributed by atoms with van der Waals surface area (Å²) in [5, 5.41) is 3.53. The molecule has 0 atom stereocenters. The second-order valence-electron chi connectivity index (χ2n) is 8.92. The van der Waals surface area contributed by atoms with Crippen LogP contribution in [0, 0.1) is 17.8 Å². The van der Waals surface area contributed by atoms with E-state index < -0.39 is 0 Å². The molecule has 4 aliphatic rings. The molecule has 2 aromatic carbocycles. The van der Waals surface area contributed by atoms with Crippen LogP contribution in [0.1, 0.15) is 54.4 Å². The van der Waals surface area contributed by atoms with Crippen LogP contribution in [0.15, 0.2) is 59.5 Å². The molecule has 0 aliphatic heterocycles. The molecule has 4 saturated carbocycles. The van der Waals surface area contributed by atoms with Gasteiger partial charge in [-0.25, -0.2) is 0 Å². The Morgan fingerprint density at radius 3 is 2.15 bits per heavy atom. The second-order valence-corrected chi connectivity index (χ2v) is 9.94. The van der Waals surface area contributed by atoms with Gasteiger partial charge in [0, 0.05) is 16.2 Å². The molecule has 0 heterocycles. The molecule has 27 heavy (non-hydrogen) atoms. The lowest BCUT2D eigenvalue weighted by atomic mass is 9.53. The van der Waals surface area contributed by atoms with Crippen molar-refractivity contribution < 1.29 is 4.79 Å². The van der Waals surface area contributed by atoms with Crippen LogP contribution < -0.4 is 5.32 Å². The topological polar surface area (TPSA) is 29.1 Å². The minimum absolute atomic E-state index is 0.0725. The molecule has 0 radical (unpaired) electrons. The van der Waals surface area contributed by atoms with Gasteiger partial charge in [0.05, 0.1) is 5.56 Å². The van der Waals surface area contributed by atoms with Gasteiger partial charge in [-0.3, -0.25) is 4.79 Å². The van der Waals surface area contributed by atoms with Crippen LogP contribution in [0.2, 0.25) is 0 Å². The van der Waals surface area contributed by atoms with Gasteiger partial charge < -0.3 is 5.32 Å². The summed E-state index contributed by atoms with van der Waals surface area (Å²) in [5.41, 5.74) is 2.20. The Morgan fingerprint density at radius 1 is 0.889 bits per heavy atom. The number of hydrogen-bond acceptors (Lipinski definition) is 2. The van der Waals surface area contributed by atoms with Crippen molar-refractivity contribution in [2.75, 3.05) is 0 Å². The average Bonchev–Trinajstić information content (AvgIpc) is 2.66. The van der Waals surface area contributed by atoms with Crippen LogP contribution in [0.5, 0.6) is 0 Å². The Hall–Kier alpha value is -1.74. The van der Waals surface area contributed by atoms with Gasteiger partial charge in [0.2, 0.25) is 0 Å². The summed E-state index contributed by atoms with van der Waals surface area (Å²) in [5.74, 6) is 3.56. The molecule has 0 unspecified atom stereocenters. The third-order valence-electron chi connectivity index (χ3n) is 6.79. The van der Waals surface area contributed by atoms with Crippen LogP contribution in [-0.2, 0) is 5.75 Å². The lowest BCUT2D eigenvalue weighted by molar-refractivity contribution is -0.0167. The Labute approximate surface area is 166 Å². The van der Waals surface area contributed by atoms with Gasteiger partial charge in [-0.15, -0.1) is 11.8 Å². The van der Waals surface area contributed by atoms with Gasteiger partial charge in [-0.05, 0) is 74.0 Å². The molecule has 1 N–H and O–H groups in total. The molecule has 3 heteroatoms. The highest BCUT2D eigenvalue weighted by molar-refractivity contribution is 7.98. The molecule has 6 rings (SSSR count). The fraction of sp³-hybridized carbons (Fsp3) is 0.458. The van der Waals surface area contributed by atoms with E-state index in [4.69, 9.17) is 0 Å². The van der Waals surface area contributed by atoms with Crippen molar-refractivity contribution in [1.82, 2.24) is 5.32 Å². The molecule has 140 valence electrons. The Bertz CT molecular complexity index is 796. The maximum Gasteiger partial charge on any atom is 0.252 e. The van der Waals surface area contributed by atoms with Crippen molar-refractivity contribution in [1.29, 1.82) is 0 Å². The quantitative estimate of drug-likeness (QED) is 0.680. The standard InChI is InChI=1S/C24H27NOS/c26-23(25-24-13-18-10-19(14-24)12-20(11-18)15-24)21-8-4-5-9-22(21)27-16-17-6-2-1-3-7-17/h1-9,18-20H,10-16H2,(H,25,26). The maximum atomic E-state index is 13.2. The summed E-state index contributed by atoms with van der Waals surface area (Å²) in [6, 6.07) is 18.6. The molecule has 4 bridgehead atoms. The number of carbonyl (C=O) groups excluding carboxylic acids is 1. The average molecular weight is 378 g/mol. The van der Waals surface area contributed by atoms with Gasteiger partial charge in [0.15, 0.2) is 0 Å². The molecule has 2 aromatic rings. The molecule has 0 aromatic heterocycles. The van der Waals surface area contributed by atoms with Gasteiger partial charge >= 0.3 is 0 Å². The third-order valence-corrected chi connectivity index (χ3v) is 7.93. The zero-order valence-electron chi connectivity index (χ0n) is 15.7. The van der Waals surface area contributed by atoms with Crippen molar-refractivity contribution in [3.05, 3.63) is 65.7 Å². The fourth-order valence-corrected chi connectivity index (χ4v) is 7.09. The zero-order valence-corrected chi connectivity index (χ0v) is 16.5. The monoisotopic (exact) mass is 377 g/mol. The summed E-state index contributed by atoms with van der Waals surface area (Å²) in [7, 11) is 0. The van der Waals surface area contributed by atoms with Crippen LogP contribution in [0.3, 0.4) is 0 Å².